The van der Waals surface area contributed by atoms with E-state index in [0.29, 0.717) is 24.5 Å². The molecule has 1 unspecified atom stereocenters. The van der Waals surface area contributed by atoms with E-state index in [9.17, 15) is 9.90 Å². The van der Waals surface area contributed by atoms with E-state index in [1.807, 2.05) is 6.92 Å². The van der Waals surface area contributed by atoms with Crippen LogP contribution in [-0.2, 0) is 6.54 Å². The summed E-state index contributed by atoms with van der Waals surface area (Å²) in [5.74, 6) is -0.120. The van der Waals surface area contributed by atoms with Gasteiger partial charge in [-0.05, 0) is 26.2 Å². The lowest BCUT2D eigenvalue weighted by molar-refractivity contribution is 0.0492. The van der Waals surface area contributed by atoms with E-state index in [0.717, 1.165) is 19.3 Å². The normalized spacial score (nSPS) is 20.1. The minimum Gasteiger partial charge on any atom is -0.396 e. The molecule has 1 saturated heterocycles. The van der Waals surface area contributed by atoms with Crippen LogP contribution < -0.4 is 5.73 Å². The van der Waals surface area contributed by atoms with Gasteiger partial charge in [0.15, 0.2) is 0 Å². The number of aliphatic hydroxyl groups is 1. The van der Waals surface area contributed by atoms with Crippen LogP contribution in [0.2, 0.25) is 0 Å². The number of carbonyl (C=O) groups excluding carboxylic acids is 1. The average molecular weight is 252 g/mol. The van der Waals surface area contributed by atoms with Gasteiger partial charge in [-0.1, -0.05) is 0 Å². The minimum atomic E-state index is -0.120. The number of aryl methyl sites for hydroxylation is 1. The molecule has 1 amide bonds. The summed E-state index contributed by atoms with van der Waals surface area (Å²) < 4.78 is 1.61. The van der Waals surface area contributed by atoms with Gasteiger partial charge in [0.05, 0.1) is 24.5 Å². The number of carbonyl (C=O) groups is 1. The first kappa shape index (κ1) is 12.9. The fraction of sp³-hybridized carbons (Fsp3) is 0.667. The molecule has 0 aromatic carbocycles. The molecule has 2 rings (SSSR count). The highest BCUT2D eigenvalue weighted by atomic mass is 16.3. The van der Waals surface area contributed by atoms with Crippen LogP contribution in [0.3, 0.4) is 0 Å². The fourth-order valence-electron chi connectivity index (χ4n) is 2.47. The molecule has 1 aliphatic heterocycles. The first-order valence-corrected chi connectivity index (χ1v) is 6.42. The van der Waals surface area contributed by atoms with Gasteiger partial charge in [-0.15, -0.1) is 0 Å². The van der Waals surface area contributed by atoms with Gasteiger partial charge in [-0.25, -0.2) is 0 Å². The molecule has 0 bridgehead atoms. The Kier molecular flexibility index (Phi) is 3.86. The zero-order chi connectivity index (χ0) is 13.1. The third-order valence-corrected chi connectivity index (χ3v) is 3.47. The Hall–Kier alpha value is -1.56. The van der Waals surface area contributed by atoms with Crippen molar-refractivity contribution >= 4 is 11.6 Å². The summed E-state index contributed by atoms with van der Waals surface area (Å²) in [4.78, 5) is 14.2. The van der Waals surface area contributed by atoms with Crippen molar-refractivity contribution in [1.29, 1.82) is 0 Å². The minimum absolute atomic E-state index is 0.00586. The Morgan fingerprint density at radius 2 is 2.39 bits per heavy atom. The SMILES string of the molecule is CCn1ncc(N)c1C(=O)N1CCCCC1CO. The number of aliphatic hydroxyl groups excluding tert-OH is 1. The maximum atomic E-state index is 12.5. The Labute approximate surface area is 106 Å². The molecule has 100 valence electrons. The molecule has 6 heteroatoms. The van der Waals surface area contributed by atoms with Gasteiger partial charge in [0.1, 0.15) is 5.69 Å². The van der Waals surface area contributed by atoms with Crippen LogP contribution in [0.15, 0.2) is 6.20 Å². The van der Waals surface area contributed by atoms with Gasteiger partial charge in [-0.3, -0.25) is 9.48 Å². The van der Waals surface area contributed by atoms with Crippen LogP contribution in [0.25, 0.3) is 0 Å². The Morgan fingerprint density at radius 3 is 3.06 bits per heavy atom. The summed E-state index contributed by atoms with van der Waals surface area (Å²) in [6, 6.07) is -0.0918. The van der Waals surface area contributed by atoms with Gasteiger partial charge >= 0.3 is 0 Å². The van der Waals surface area contributed by atoms with Crippen LogP contribution in [-0.4, -0.2) is 44.9 Å². The molecule has 6 nitrogen and oxygen atoms in total. The third-order valence-electron chi connectivity index (χ3n) is 3.47. The molecule has 0 aliphatic carbocycles. The molecule has 3 N–H and O–H groups in total. The van der Waals surface area contributed by atoms with Crippen molar-refractivity contribution in [3.8, 4) is 0 Å². The van der Waals surface area contributed by atoms with Gasteiger partial charge < -0.3 is 15.7 Å². The highest BCUT2D eigenvalue weighted by Gasteiger charge is 2.30. The molecular weight excluding hydrogens is 232 g/mol. The molecule has 1 aliphatic rings. The highest BCUT2D eigenvalue weighted by Crippen LogP contribution is 2.21. The predicted octanol–water partition coefficient (Wildman–Crippen LogP) is 0.472. The van der Waals surface area contributed by atoms with Crippen LogP contribution in [0.1, 0.15) is 36.7 Å². The number of nitrogen functional groups attached to an aromatic ring is 1. The summed E-state index contributed by atoms with van der Waals surface area (Å²) >= 11 is 0. The molecule has 1 fully saturated rings. The second-order valence-corrected chi connectivity index (χ2v) is 4.60. The number of hydrogen-bond acceptors (Lipinski definition) is 4. The van der Waals surface area contributed by atoms with E-state index in [1.165, 1.54) is 6.20 Å². The lowest BCUT2D eigenvalue weighted by Gasteiger charge is -2.34. The largest absolute Gasteiger partial charge is 0.396 e. The van der Waals surface area contributed by atoms with Crippen molar-refractivity contribution in [2.75, 3.05) is 18.9 Å². The number of hydrogen-bond donors (Lipinski definition) is 2. The molecule has 1 aromatic rings. The van der Waals surface area contributed by atoms with Gasteiger partial charge in [0, 0.05) is 13.1 Å². The van der Waals surface area contributed by atoms with Crippen molar-refractivity contribution in [2.24, 2.45) is 0 Å². The predicted molar refractivity (Wildman–Crippen MR) is 68.1 cm³/mol. The number of nitrogens with zero attached hydrogens (tertiary/aromatic N) is 3. The van der Waals surface area contributed by atoms with Crippen molar-refractivity contribution < 1.29 is 9.90 Å². The maximum absolute atomic E-state index is 12.5. The van der Waals surface area contributed by atoms with Crippen LogP contribution >= 0.6 is 0 Å². The first-order chi connectivity index (χ1) is 8.69. The first-order valence-electron chi connectivity index (χ1n) is 6.42. The number of likely N-dealkylation sites (tertiary alicyclic amines) is 1. The van der Waals surface area contributed by atoms with Gasteiger partial charge in [0.25, 0.3) is 5.91 Å². The summed E-state index contributed by atoms with van der Waals surface area (Å²) in [7, 11) is 0. The standard InChI is InChI=1S/C12H20N4O2/c1-2-16-11(10(13)7-14-16)12(18)15-6-4-3-5-9(15)8-17/h7,9,17H,2-6,8,13H2,1H3. The molecule has 0 spiro atoms. The van der Waals surface area contributed by atoms with E-state index in [-0.39, 0.29) is 18.6 Å². The quantitative estimate of drug-likeness (QED) is 0.819. The average Bonchev–Trinajstić information content (AvgIpc) is 2.79. The van der Waals surface area contributed by atoms with E-state index in [4.69, 9.17) is 5.73 Å². The number of rotatable bonds is 3. The zero-order valence-electron chi connectivity index (χ0n) is 10.7. The van der Waals surface area contributed by atoms with Crippen molar-refractivity contribution in [3.05, 3.63) is 11.9 Å². The number of nitrogens with two attached hydrogens (primary N) is 1. The second-order valence-electron chi connectivity index (χ2n) is 4.60. The van der Waals surface area contributed by atoms with E-state index < -0.39 is 0 Å². The second kappa shape index (κ2) is 5.39. The molecule has 2 heterocycles. The summed E-state index contributed by atoms with van der Waals surface area (Å²) in [5, 5.41) is 13.4. The zero-order valence-corrected chi connectivity index (χ0v) is 10.7. The molecule has 0 saturated carbocycles. The van der Waals surface area contributed by atoms with Crippen molar-refractivity contribution in [3.63, 3.8) is 0 Å². The highest BCUT2D eigenvalue weighted by molar-refractivity contribution is 5.97. The molecule has 1 atom stereocenters. The lowest BCUT2D eigenvalue weighted by Crippen LogP contribution is -2.46. The number of amides is 1. The Morgan fingerprint density at radius 1 is 1.61 bits per heavy atom. The van der Waals surface area contributed by atoms with Gasteiger partial charge in [0.2, 0.25) is 0 Å². The molecule has 1 aromatic heterocycles. The van der Waals surface area contributed by atoms with Crippen molar-refractivity contribution in [1.82, 2.24) is 14.7 Å². The number of piperidine rings is 1. The number of aromatic nitrogens is 2. The fourth-order valence-corrected chi connectivity index (χ4v) is 2.47. The van der Waals surface area contributed by atoms with Crippen LogP contribution in [0.4, 0.5) is 5.69 Å². The maximum Gasteiger partial charge on any atom is 0.274 e. The third kappa shape index (κ3) is 2.20. The molecule has 18 heavy (non-hydrogen) atoms. The molecule has 0 radical (unpaired) electrons. The summed E-state index contributed by atoms with van der Waals surface area (Å²) in [6.45, 7) is 3.21. The summed E-state index contributed by atoms with van der Waals surface area (Å²) in [5.41, 5.74) is 6.67. The topological polar surface area (TPSA) is 84.4 Å². The van der Waals surface area contributed by atoms with E-state index >= 15 is 0 Å². The smallest absolute Gasteiger partial charge is 0.274 e. The molecular formula is C12H20N4O2. The van der Waals surface area contributed by atoms with Crippen molar-refractivity contribution in [2.45, 2.75) is 38.8 Å². The monoisotopic (exact) mass is 252 g/mol. The lowest BCUT2D eigenvalue weighted by atomic mass is 10.0. The Balaban J connectivity index is 2.26. The van der Waals surface area contributed by atoms with Gasteiger partial charge in [-0.2, -0.15) is 5.10 Å². The van der Waals surface area contributed by atoms with Crippen LogP contribution in [0.5, 0.6) is 0 Å². The van der Waals surface area contributed by atoms with E-state index in [2.05, 4.69) is 5.10 Å². The Bertz CT molecular complexity index is 430. The summed E-state index contributed by atoms with van der Waals surface area (Å²) in [6.07, 6.45) is 4.39. The van der Waals surface area contributed by atoms with Crippen LogP contribution in [0, 0.1) is 0 Å². The van der Waals surface area contributed by atoms with E-state index in [1.54, 1.807) is 9.58 Å². The number of anilines is 1.